The number of benzene rings is 1. The van der Waals surface area contributed by atoms with Crippen molar-refractivity contribution in [3.8, 4) is 0 Å². The molecule has 1 aliphatic heterocycles. The summed E-state index contributed by atoms with van der Waals surface area (Å²) in [7, 11) is 0. The molecular formula is C12H11NO4. The van der Waals surface area contributed by atoms with Gasteiger partial charge in [-0.1, -0.05) is 6.07 Å². The molecule has 1 saturated heterocycles. The Bertz CT molecular complexity index is 571. The molecule has 5 heteroatoms. The van der Waals surface area contributed by atoms with Gasteiger partial charge in [-0.3, -0.25) is 4.79 Å². The number of carboxylic acids is 1. The predicted molar refractivity (Wildman–Crippen MR) is 58.8 cm³/mol. The normalized spacial score (nSPS) is 17.9. The second kappa shape index (κ2) is 3.56. The van der Waals surface area contributed by atoms with E-state index in [0.717, 1.165) is 11.1 Å². The molecule has 0 atom stereocenters. The summed E-state index contributed by atoms with van der Waals surface area (Å²) in [6, 6.07) is 5.60. The van der Waals surface area contributed by atoms with E-state index in [-0.39, 0.29) is 6.42 Å². The van der Waals surface area contributed by atoms with Crippen molar-refractivity contribution in [3.63, 3.8) is 0 Å². The summed E-state index contributed by atoms with van der Waals surface area (Å²) >= 11 is 0. The fourth-order valence-corrected chi connectivity index (χ4v) is 2.19. The molecule has 2 aromatic rings. The molecule has 5 nitrogen and oxygen atoms in total. The number of rotatable bonds is 3. The van der Waals surface area contributed by atoms with Gasteiger partial charge in [-0.2, -0.15) is 0 Å². The van der Waals surface area contributed by atoms with Crippen molar-refractivity contribution in [1.82, 2.24) is 4.98 Å². The Balaban J connectivity index is 2.03. The summed E-state index contributed by atoms with van der Waals surface area (Å²) in [5.74, 6) is -0.814. The van der Waals surface area contributed by atoms with E-state index >= 15 is 0 Å². The van der Waals surface area contributed by atoms with Gasteiger partial charge in [0.2, 0.25) is 0 Å². The molecule has 0 spiro atoms. The number of hydrogen-bond acceptors (Lipinski definition) is 4. The van der Waals surface area contributed by atoms with Crippen LogP contribution in [0.4, 0.5) is 0 Å². The lowest BCUT2D eigenvalue weighted by molar-refractivity contribution is -0.145. The first-order valence-electron chi connectivity index (χ1n) is 5.33. The molecule has 0 radical (unpaired) electrons. The largest absolute Gasteiger partial charge is 0.481 e. The summed E-state index contributed by atoms with van der Waals surface area (Å²) in [6.07, 6.45) is 1.46. The second-order valence-electron chi connectivity index (χ2n) is 4.38. The zero-order valence-corrected chi connectivity index (χ0v) is 9.05. The fraction of sp³-hybridized carbons (Fsp3) is 0.333. The van der Waals surface area contributed by atoms with Gasteiger partial charge in [-0.05, 0) is 17.7 Å². The van der Waals surface area contributed by atoms with E-state index in [2.05, 4.69) is 4.98 Å². The van der Waals surface area contributed by atoms with Crippen molar-refractivity contribution in [2.75, 3.05) is 13.2 Å². The SMILES string of the molecule is O=C(O)CC1(c2ccc3ncoc3c2)COC1. The van der Waals surface area contributed by atoms with Crippen LogP contribution >= 0.6 is 0 Å². The summed E-state index contributed by atoms with van der Waals surface area (Å²) in [5.41, 5.74) is 1.99. The highest BCUT2D eigenvalue weighted by Crippen LogP contribution is 2.36. The standard InChI is InChI=1S/C12H11NO4/c14-11(15)4-12(5-16-6-12)8-1-2-9-10(3-8)17-7-13-9/h1-3,7H,4-6H2,(H,14,15). The molecule has 1 fully saturated rings. The molecule has 0 saturated carbocycles. The van der Waals surface area contributed by atoms with E-state index in [9.17, 15) is 4.79 Å². The maximum Gasteiger partial charge on any atom is 0.304 e. The molecule has 17 heavy (non-hydrogen) atoms. The van der Waals surface area contributed by atoms with Gasteiger partial charge >= 0.3 is 5.97 Å². The minimum absolute atomic E-state index is 0.0760. The third kappa shape index (κ3) is 1.59. The van der Waals surface area contributed by atoms with Gasteiger partial charge in [0.25, 0.3) is 0 Å². The number of carbonyl (C=O) groups is 1. The van der Waals surface area contributed by atoms with Gasteiger partial charge in [0, 0.05) is 0 Å². The molecule has 1 aromatic heterocycles. The molecule has 3 rings (SSSR count). The van der Waals surface area contributed by atoms with Gasteiger partial charge in [-0.25, -0.2) is 4.98 Å². The molecule has 0 unspecified atom stereocenters. The molecule has 1 aliphatic rings. The average Bonchev–Trinajstić information content (AvgIpc) is 2.69. The third-order valence-corrected chi connectivity index (χ3v) is 3.19. The third-order valence-electron chi connectivity index (χ3n) is 3.19. The van der Waals surface area contributed by atoms with Crippen LogP contribution in [0.1, 0.15) is 12.0 Å². The van der Waals surface area contributed by atoms with Crippen LogP contribution in [0.15, 0.2) is 29.0 Å². The summed E-state index contributed by atoms with van der Waals surface area (Å²) in [5, 5.41) is 8.96. The lowest BCUT2D eigenvalue weighted by Gasteiger charge is -2.40. The quantitative estimate of drug-likeness (QED) is 0.871. The molecule has 1 N–H and O–H groups in total. The highest BCUT2D eigenvalue weighted by atomic mass is 16.5. The molecule has 0 amide bonds. The first-order valence-corrected chi connectivity index (χ1v) is 5.33. The number of nitrogens with zero attached hydrogens (tertiary/aromatic N) is 1. The Morgan fingerprint density at radius 2 is 2.29 bits per heavy atom. The summed E-state index contributed by atoms with van der Waals surface area (Å²) in [4.78, 5) is 14.9. The van der Waals surface area contributed by atoms with Crippen LogP contribution in [0.3, 0.4) is 0 Å². The van der Waals surface area contributed by atoms with Gasteiger partial charge in [0.15, 0.2) is 12.0 Å². The van der Waals surface area contributed by atoms with Gasteiger partial charge in [0.05, 0.1) is 25.0 Å². The lowest BCUT2D eigenvalue weighted by Crippen LogP contribution is -2.48. The van der Waals surface area contributed by atoms with Crippen molar-refractivity contribution >= 4 is 17.1 Å². The number of carboxylic acid groups (broad SMARTS) is 1. The molecule has 88 valence electrons. The van der Waals surface area contributed by atoms with Gasteiger partial charge in [0.1, 0.15) is 5.52 Å². The van der Waals surface area contributed by atoms with E-state index in [1.165, 1.54) is 6.39 Å². The highest BCUT2D eigenvalue weighted by molar-refractivity contribution is 5.75. The Hall–Kier alpha value is -1.88. The lowest BCUT2D eigenvalue weighted by atomic mass is 9.76. The van der Waals surface area contributed by atoms with Crippen LogP contribution in [-0.2, 0) is 14.9 Å². The predicted octanol–water partition coefficient (Wildman–Crippen LogP) is 1.57. The number of aromatic nitrogens is 1. The fourth-order valence-electron chi connectivity index (χ4n) is 2.19. The van der Waals surface area contributed by atoms with Crippen molar-refractivity contribution in [2.24, 2.45) is 0 Å². The number of oxazole rings is 1. The molecule has 0 bridgehead atoms. The minimum Gasteiger partial charge on any atom is -0.481 e. The van der Waals surface area contributed by atoms with Crippen LogP contribution < -0.4 is 0 Å². The number of hydrogen-bond donors (Lipinski definition) is 1. The van der Waals surface area contributed by atoms with Crippen LogP contribution in [0, 0.1) is 0 Å². The second-order valence-corrected chi connectivity index (χ2v) is 4.38. The Morgan fingerprint density at radius 1 is 1.47 bits per heavy atom. The number of aliphatic carboxylic acids is 1. The first-order chi connectivity index (χ1) is 8.20. The zero-order chi connectivity index (χ0) is 11.9. The summed E-state index contributed by atoms with van der Waals surface area (Å²) < 4.78 is 10.4. The average molecular weight is 233 g/mol. The monoisotopic (exact) mass is 233 g/mol. The Labute approximate surface area is 97.0 Å². The van der Waals surface area contributed by atoms with Crippen molar-refractivity contribution in [2.45, 2.75) is 11.8 Å². The maximum atomic E-state index is 10.9. The minimum atomic E-state index is -0.814. The molecule has 2 heterocycles. The smallest absolute Gasteiger partial charge is 0.304 e. The van der Waals surface area contributed by atoms with Gasteiger partial charge in [-0.15, -0.1) is 0 Å². The highest BCUT2D eigenvalue weighted by Gasteiger charge is 2.42. The van der Waals surface area contributed by atoms with Gasteiger partial charge < -0.3 is 14.3 Å². The van der Waals surface area contributed by atoms with E-state index in [4.69, 9.17) is 14.3 Å². The molecular weight excluding hydrogens is 222 g/mol. The summed E-state index contributed by atoms with van der Waals surface area (Å²) in [6.45, 7) is 0.887. The van der Waals surface area contributed by atoms with Crippen molar-refractivity contribution in [3.05, 3.63) is 30.2 Å². The van der Waals surface area contributed by atoms with Crippen LogP contribution in [0.5, 0.6) is 0 Å². The van der Waals surface area contributed by atoms with E-state index in [1.54, 1.807) is 0 Å². The van der Waals surface area contributed by atoms with Crippen molar-refractivity contribution in [1.29, 1.82) is 0 Å². The van der Waals surface area contributed by atoms with Crippen molar-refractivity contribution < 1.29 is 19.1 Å². The first kappa shape index (κ1) is 10.3. The number of ether oxygens (including phenoxy) is 1. The number of fused-ring (bicyclic) bond motifs is 1. The van der Waals surface area contributed by atoms with E-state index < -0.39 is 11.4 Å². The Morgan fingerprint density at radius 3 is 2.94 bits per heavy atom. The van der Waals surface area contributed by atoms with E-state index in [0.29, 0.717) is 18.8 Å². The Kier molecular flexibility index (Phi) is 2.16. The van der Waals surface area contributed by atoms with Crippen LogP contribution in [0.25, 0.3) is 11.1 Å². The molecule has 1 aromatic carbocycles. The van der Waals surface area contributed by atoms with Crippen LogP contribution in [0.2, 0.25) is 0 Å². The molecule has 0 aliphatic carbocycles. The zero-order valence-electron chi connectivity index (χ0n) is 9.05. The van der Waals surface area contributed by atoms with E-state index in [1.807, 2.05) is 18.2 Å². The van der Waals surface area contributed by atoms with Crippen LogP contribution in [-0.4, -0.2) is 29.3 Å². The topological polar surface area (TPSA) is 72.6 Å². The maximum absolute atomic E-state index is 10.9.